The molecular weight excluding hydrogens is 291 g/mol. The van der Waals surface area contributed by atoms with Gasteiger partial charge in [0.25, 0.3) is 0 Å². The summed E-state index contributed by atoms with van der Waals surface area (Å²) >= 11 is 2.26. The predicted octanol–water partition coefficient (Wildman–Crippen LogP) is 1.71. The summed E-state index contributed by atoms with van der Waals surface area (Å²) in [5.41, 5.74) is 7.91. The van der Waals surface area contributed by atoms with Crippen LogP contribution in [0.15, 0.2) is 18.2 Å². The molecule has 1 aromatic carbocycles. The second kappa shape index (κ2) is 3.94. The Kier molecular flexibility index (Phi) is 2.83. The van der Waals surface area contributed by atoms with Crippen molar-refractivity contribution < 1.29 is 4.74 Å². The van der Waals surface area contributed by atoms with E-state index in [1.807, 2.05) is 6.07 Å². The maximum absolute atomic E-state index is 5.93. The number of nitrogens with two attached hydrogens (primary N) is 1. The Balaban J connectivity index is 2.11. The molecule has 14 heavy (non-hydrogen) atoms. The molecule has 1 fully saturated rings. The van der Waals surface area contributed by atoms with E-state index in [0.29, 0.717) is 6.10 Å². The van der Waals surface area contributed by atoms with E-state index in [1.165, 1.54) is 3.57 Å². The summed E-state index contributed by atoms with van der Waals surface area (Å²) in [6.07, 6.45) is 0.369. The molecule has 1 heterocycles. The van der Waals surface area contributed by atoms with Gasteiger partial charge in [0.1, 0.15) is 0 Å². The molecule has 76 valence electrons. The van der Waals surface area contributed by atoms with Crippen LogP contribution in [0.2, 0.25) is 0 Å². The van der Waals surface area contributed by atoms with Crippen molar-refractivity contribution in [2.45, 2.75) is 6.10 Å². The third-order valence-electron chi connectivity index (χ3n) is 2.51. The highest BCUT2D eigenvalue weighted by Crippen LogP contribution is 2.29. The molecule has 0 aromatic heterocycles. The standard InChI is InChI=1S/C10H13IN2O/c1-14-8-5-13(6-8)10-3-2-7(11)4-9(10)12/h2-4,8H,5-6,12H2,1H3. The number of hydrogen-bond acceptors (Lipinski definition) is 3. The summed E-state index contributed by atoms with van der Waals surface area (Å²) in [5, 5.41) is 0. The molecule has 0 radical (unpaired) electrons. The van der Waals surface area contributed by atoms with Gasteiger partial charge in [-0.1, -0.05) is 0 Å². The average molecular weight is 304 g/mol. The van der Waals surface area contributed by atoms with Crippen molar-refractivity contribution in [2.24, 2.45) is 0 Å². The van der Waals surface area contributed by atoms with E-state index in [-0.39, 0.29) is 0 Å². The first-order chi connectivity index (χ1) is 6.70. The molecule has 1 aliphatic rings. The van der Waals surface area contributed by atoms with Crippen LogP contribution in [0.5, 0.6) is 0 Å². The van der Waals surface area contributed by atoms with Crippen LogP contribution in [0.25, 0.3) is 0 Å². The molecule has 3 nitrogen and oxygen atoms in total. The molecule has 0 aliphatic carbocycles. The first kappa shape index (κ1) is 10.0. The molecule has 2 rings (SSSR count). The van der Waals surface area contributed by atoms with Crippen molar-refractivity contribution in [3.05, 3.63) is 21.8 Å². The lowest BCUT2D eigenvalue weighted by Gasteiger charge is -2.40. The van der Waals surface area contributed by atoms with Crippen molar-refractivity contribution in [2.75, 3.05) is 30.8 Å². The van der Waals surface area contributed by atoms with E-state index in [1.54, 1.807) is 7.11 Å². The topological polar surface area (TPSA) is 38.5 Å². The monoisotopic (exact) mass is 304 g/mol. The van der Waals surface area contributed by atoms with Gasteiger partial charge >= 0.3 is 0 Å². The Morgan fingerprint density at radius 2 is 2.21 bits per heavy atom. The zero-order valence-corrected chi connectivity index (χ0v) is 10.2. The minimum atomic E-state index is 0.369. The van der Waals surface area contributed by atoms with Gasteiger partial charge in [-0.3, -0.25) is 0 Å². The maximum Gasteiger partial charge on any atom is 0.0920 e. The Morgan fingerprint density at radius 1 is 1.50 bits per heavy atom. The van der Waals surface area contributed by atoms with Crippen molar-refractivity contribution in [3.63, 3.8) is 0 Å². The second-order valence-corrected chi connectivity index (χ2v) is 4.71. The number of benzene rings is 1. The lowest BCUT2D eigenvalue weighted by atomic mass is 10.1. The number of nitrogen functional groups attached to an aromatic ring is 1. The molecule has 0 amide bonds. The van der Waals surface area contributed by atoms with Gasteiger partial charge in [-0.15, -0.1) is 0 Å². The molecule has 0 atom stereocenters. The normalized spacial score (nSPS) is 16.9. The van der Waals surface area contributed by atoms with Gasteiger partial charge < -0.3 is 15.4 Å². The molecular formula is C10H13IN2O. The highest BCUT2D eigenvalue weighted by Gasteiger charge is 2.27. The zero-order valence-electron chi connectivity index (χ0n) is 8.03. The van der Waals surface area contributed by atoms with Crippen LogP contribution < -0.4 is 10.6 Å². The summed E-state index contributed by atoms with van der Waals surface area (Å²) in [6, 6.07) is 6.14. The Labute approximate surface area is 97.4 Å². The fourth-order valence-electron chi connectivity index (χ4n) is 1.60. The molecule has 0 unspecified atom stereocenters. The van der Waals surface area contributed by atoms with Gasteiger partial charge in [0.15, 0.2) is 0 Å². The lowest BCUT2D eigenvalue weighted by Crippen LogP contribution is -2.52. The molecule has 1 aliphatic heterocycles. The van der Waals surface area contributed by atoms with Crippen LogP contribution in [0, 0.1) is 3.57 Å². The lowest BCUT2D eigenvalue weighted by molar-refractivity contribution is 0.0788. The Hall–Kier alpha value is -0.490. The minimum Gasteiger partial charge on any atom is -0.397 e. The quantitative estimate of drug-likeness (QED) is 0.668. The van der Waals surface area contributed by atoms with Crippen LogP contribution in [0.1, 0.15) is 0 Å². The molecule has 4 heteroatoms. The van der Waals surface area contributed by atoms with E-state index < -0.39 is 0 Å². The van der Waals surface area contributed by atoms with Crippen molar-refractivity contribution in [3.8, 4) is 0 Å². The van der Waals surface area contributed by atoms with E-state index in [9.17, 15) is 0 Å². The fourth-order valence-corrected chi connectivity index (χ4v) is 2.11. The van der Waals surface area contributed by atoms with Crippen molar-refractivity contribution in [1.82, 2.24) is 0 Å². The molecule has 0 saturated carbocycles. The van der Waals surface area contributed by atoms with Gasteiger partial charge in [0.05, 0.1) is 17.5 Å². The number of rotatable bonds is 2. The third kappa shape index (κ3) is 1.81. The smallest absolute Gasteiger partial charge is 0.0920 e. The van der Waals surface area contributed by atoms with Crippen LogP contribution in [-0.4, -0.2) is 26.3 Å². The molecule has 0 spiro atoms. The van der Waals surface area contributed by atoms with Crippen molar-refractivity contribution in [1.29, 1.82) is 0 Å². The van der Waals surface area contributed by atoms with Crippen LogP contribution in [-0.2, 0) is 4.74 Å². The summed E-state index contributed by atoms with van der Waals surface area (Å²) < 4.78 is 6.39. The van der Waals surface area contributed by atoms with Crippen molar-refractivity contribution >= 4 is 34.0 Å². The average Bonchev–Trinajstić information content (AvgIpc) is 2.06. The van der Waals surface area contributed by atoms with Crippen LogP contribution >= 0.6 is 22.6 Å². The number of hydrogen-bond donors (Lipinski definition) is 1. The van der Waals surface area contributed by atoms with Gasteiger partial charge in [-0.05, 0) is 40.8 Å². The van der Waals surface area contributed by atoms with E-state index in [4.69, 9.17) is 10.5 Å². The number of nitrogens with zero attached hydrogens (tertiary/aromatic N) is 1. The highest BCUT2D eigenvalue weighted by atomic mass is 127. The van der Waals surface area contributed by atoms with Crippen LogP contribution in [0.4, 0.5) is 11.4 Å². The van der Waals surface area contributed by atoms with Gasteiger partial charge in [0.2, 0.25) is 0 Å². The minimum absolute atomic E-state index is 0.369. The van der Waals surface area contributed by atoms with E-state index in [0.717, 1.165) is 24.5 Å². The summed E-state index contributed by atoms with van der Waals surface area (Å²) in [5.74, 6) is 0. The number of ether oxygens (including phenoxy) is 1. The first-order valence-corrected chi connectivity index (χ1v) is 5.61. The number of anilines is 2. The fraction of sp³-hybridized carbons (Fsp3) is 0.400. The zero-order chi connectivity index (χ0) is 10.1. The SMILES string of the molecule is COC1CN(c2ccc(I)cc2N)C1. The molecule has 1 saturated heterocycles. The van der Waals surface area contributed by atoms with Gasteiger partial charge in [-0.2, -0.15) is 0 Å². The number of methoxy groups -OCH3 is 1. The summed E-state index contributed by atoms with van der Waals surface area (Å²) in [7, 11) is 1.75. The third-order valence-corrected chi connectivity index (χ3v) is 3.18. The number of halogens is 1. The predicted molar refractivity (Wildman–Crippen MR) is 66.6 cm³/mol. The van der Waals surface area contributed by atoms with E-state index >= 15 is 0 Å². The highest BCUT2D eigenvalue weighted by molar-refractivity contribution is 14.1. The summed E-state index contributed by atoms with van der Waals surface area (Å²) in [6.45, 7) is 1.89. The maximum atomic E-state index is 5.93. The summed E-state index contributed by atoms with van der Waals surface area (Å²) in [4.78, 5) is 2.24. The molecule has 2 N–H and O–H groups in total. The van der Waals surface area contributed by atoms with Gasteiger partial charge in [-0.25, -0.2) is 0 Å². The second-order valence-electron chi connectivity index (χ2n) is 3.47. The molecule has 0 bridgehead atoms. The molecule has 1 aromatic rings. The first-order valence-electron chi connectivity index (χ1n) is 4.53. The van der Waals surface area contributed by atoms with E-state index in [2.05, 4.69) is 39.6 Å². The Bertz CT molecular complexity index is 337. The largest absolute Gasteiger partial charge is 0.397 e. The van der Waals surface area contributed by atoms with Crippen LogP contribution in [0.3, 0.4) is 0 Å². The Morgan fingerprint density at radius 3 is 2.79 bits per heavy atom. The van der Waals surface area contributed by atoms with Gasteiger partial charge in [0, 0.05) is 23.8 Å².